The van der Waals surface area contributed by atoms with Crippen molar-refractivity contribution in [1.82, 2.24) is 0 Å². The number of fused-ring (bicyclic) bond motifs is 1. The first-order chi connectivity index (χ1) is 5.83. The summed E-state index contributed by atoms with van der Waals surface area (Å²) >= 11 is 2.86. The van der Waals surface area contributed by atoms with Crippen molar-refractivity contribution in [3.05, 3.63) is 32.9 Å². The van der Waals surface area contributed by atoms with Crippen LogP contribution in [-0.4, -0.2) is 4.93 Å². The molecular weight excluding hydrogens is 374 g/mol. The van der Waals surface area contributed by atoms with E-state index < -0.39 is 0 Å². The first-order valence-corrected chi connectivity index (χ1v) is 8.56. The van der Waals surface area contributed by atoms with Gasteiger partial charge >= 0.3 is 98.4 Å². The van der Waals surface area contributed by atoms with Crippen molar-refractivity contribution in [2.75, 3.05) is 4.93 Å². The Morgan fingerprint density at radius 2 is 2.33 bits per heavy atom. The molecule has 1 unspecified atom stereocenters. The molecule has 2 rings (SSSR count). The van der Waals surface area contributed by atoms with Crippen molar-refractivity contribution < 1.29 is 21.2 Å². The minimum atomic E-state index is 0.399. The number of benzene rings is 1. The maximum absolute atomic E-state index is 2.46. The summed E-state index contributed by atoms with van der Waals surface area (Å²) in [5.74, 6) is 0. The minimum absolute atomic E-state index is 0.399. The molecule has 66 valence electrons. The molecule has 0 spiro atoms. The van der Waals surface area contributed by atoms with E-state index in [1.54, 1.807) is 11.1 Å². The molecule has 1 aromatic rings. The summed E-state index contributed by atoms with van der Waals surface area (Å²) in [6.45, 7) is 0. The normalized spacial score (nSPS) is 21.3. The Hall–Kier alpha value is 0.680. The molecule has 0 N–H and O–H groups in total. The molecule has 12 heavy (non-hydrogen) atoms. The fourth-order valence-corrected chi connectivity index (χ4v) is 4.76. The van der Waals surface area contributed by atoms with E-state index in [0.29, 0.717) is 21.2 Å². The van der Waals surface area contributed by atoms with Gasteiger partial charge in [-0.1, -0.05) is 0 Å². The van der Waals surface area contributed by atoms with Crippen molar-refractivity contribution >= 4 is 22.6 Å². The van der Waals surface area contributed by atoms with Gasteiger partial charge in [-0.05, 0) is 0 Å². The number of rotatable bonds is 1. The maximum atomic E-state index is 2.46. The van der Waals surface area contributed by atoms with E-state index in [-0.39, 0.29) is 0 Å². The van der Waals surface area contributed by atoms with E-state index >= 15 is 0 Å². The topological polar surface area (TPSA) is 0 Å². The van der Waals surface area contributed by atoms with Crippen molar-refractivity contribution in [2.24, 2.45) is 0 Å². The van der Waals surface area contributed by atoms with Gasteiger partial charge in [-0.25, -0.2) is 0 Å². The van der Waals surface area contributed by atoms with Crippen LogP contribution >= 0.6 is 22.6 Å². The van der Waals surface area contributed by atoms with Crippen LogP contribution in [0.2, 0.25) is 0 Å². The van der Waals surface area contributed by atoms with E-state index in [2.05, 4.69) is 45.7 Å². The zero-order valence-corrected chi connectivity index (χ0v) is 11.3. The Morgan fingerprint density at radius 3 is 3.08 bits per heavy atom. The molecule has 1 aliphatic rings. The second-order valence-electron chi connectivity index (χ2n) is 3.03. The van der Waals surface area contributed by atoms with Gasteiger partial charge in [0.15, 0.2) is 0 Å². The van der Waals surface area contributed by atoms with Crippen molar-refractivity contribution in [2.45, 2.75) is 16.8 Å². The summed E-state index contributed by atoms with van der Waals surface area (Å²) in [6.07, 6.45) is 2.74. The van der Waals surface area contributed by atoms with Crippen LogP contribution in [0.1, 0.15) is 21.5 Å². The first-order valence-electron chi connectivity index (χ1n) is 4.08. The predicted octanol–water partition coefficient (Wildman–Crippen LogP) is -0.00270. The quantitative estimate of drug-likeness (QED) is 0.472. The molecule has 0 aromatic heterocycles. The molecule has 1 aliphatic carbocycles. The van der Waals surface area contributed by atoms with Crippen molar-refractivity contribution in [3.63, 3.8) is 0 Å². The average Bonchev–Trinajstić information content (AvgIpc) is 2.49. The summed E-state index contributed by atoms with van der Waals surface area (Å²) < 4.78 is 2.43. The van der Waals surface area contributed by atoms with Gasteiger partial charge in [-0.3, -0.25) is 0 Å². The monoisotopic (exact) mass is 385 g/mol. The molecule has 0 radical (unpaired) electrons. The van der Waals surface area contributed by atoms with E-state index in [9.17, 15) is 0 Å². The summed E-state index contributed by atoms with van der Waals surface area (Å²) in [7, 11) is 0. The van der Waals surface area contributed by atoms with Gasteiger partial charge in [0.05, 0.1) is 0 Å². The Morgan fingerprint density at radius 1 is 1.50 bits per heavy atom. The third-order valence-electron chi connectivity index (χ3n) is 2.40. The molecule has 0 saturated carbocycles. The molecule has 0 saturated heterocycles. The van der Waals surface area contributed by atoms with Crippen LogP contribution in [0.4, 0.5) is 0 Å². The molecular formula is C10H11I2-. The van der Waals surface area contributed by atoms with Gasteiger partial charge in [0.2, 0.25) is 0 Å². The molecule has 0 amide bonds. The number of hydrogen-bond acceptors (Lipinski definition) is 0. The second kappa shape index (κ2) is 3.82. The van der Waals surface area contributed by atoms with Gasteiger partial charge in [-0.2, -0.15) is 0 Å². The third-order valence-corrected chi connectivity index (χ3v) is 6.21. The SMILES string of the molecule is C[I-]C1CCc2c(I)cccc21. The van der Waals surface area contributed by atoms with E-state index in [4.69, 9.17) is 0 Å². The van der Waals surface area contributed by atoms with Crippen LogP contribution in [0, 0.1) is 3.57 Å². The molecule has 0 heterocycles. The predicted molar refractivity (Wildman–Crippen MR) is 56.1 cm³/mol. The van der Waals surface area contributed by atoms with Crippen LogP contribution in [0.25, 0.3) is 0 Å². The van der Waals surface area contributed by atoms with Crippen LogP contribution in [0.3, 0.4) is 0 Å². The first kappa shape index (κ1) is 9.24. The van der Waals surface area contributed by atoms with Gasteiger partial charge in [0.1, 0.15) is 0 Å². The Balaban J connectivity index is 2.46. The van der Waals surface area contributed by atoms with E-state index in [1.165, 1.54) is 16.4 Å². The Kier molecular flexibility index (Phi) is 2.94. The standard InChI is InChI=1S/C10H11I2/c1-12-10-6-5-7-8(10)3-2-4-9(7)11/h2-4,10H,5-6H2,1H3/q-1. The molecule has 0 nitrogen and oxygen atoms in total. The summed E-state index contributed by atoms with van der Waals surface area (Å²) in [5, 5.41) is 0. The van der Waals surface area contributed by atoms with Gasteiger partial charge in [0, 0.05) is 0 Å². The molecule has 1 atom stereocenters. The zero-order valence-electron chi connectivity index (χ0n) is 6.98. The van der Waals surface area contributed by atoms with E-state index in [0.717, 1.165) is 3.92 Å². The summed E-state index contributed by atoms with van der Waals surface area (Å²) in [6, 6.07) is 6.77. The van der Waals surface area contributed by atoms with Crippen molar-refractivity contribution in [1.29, 1.82) is 0 Å². The molecule has 0 bridgehead atoms. The Labute approximate surface area is 97.5 Å². The molecule has 0 fully saturated rings. The third kappa shape index (κ3) is 1.52. The molecule has 0 aliphatic heterocycles. The molecule has 2 heteroatoms. The zero-order chi connectivity index (χ0) is 8.55. The number of alkyl halides is 2. The van der Waals surface area contributed by atoms with Crippen LogP contribution in [0.15, 0.2) is 18.2 Å². The number of hydrogen-bond donors (Lipinski definition) is 0. The van der Waals surface area contributed by atoms with Crippen LogP contribution in [0.5, 0.6) is 0 Å². The molecule has 1 aromatic carbocycles. The van der Waals surface area contributed by atoms with Crippen LogP contribution in [-0.2, 0) is 6.42 Å². The van der Waals surface area contributed by atoms with Gasteiger partial charge < -0.3 is 0 Å². The van der Waals surface area contributed by atoms with Crippen LogP contribution < -0.4 is 21.2 Å². The summed E-state index contributed by atoms with van der Waals surface area (Å²) in [4.78, 5) is 2.40. The van der Waals surface area contributed by atoms with Gasteiger partial charge in [-0.15, -0.1) is 0 Å². The van der Waals surface area contributed by atoms with E-state index in [1.807, 2.05) is 0 Å². The average molecular weight is 385 g/mol. The van der Waals surface area contributed by atoms with Crippen molar-refractivity contribution in [3.8, 4) is 0 Å². The Bertz CT molecular complexity index is 294. The fourth-order valence-electron chi connectivity index (χ4n) is 1.79. The van der Waals surface area contributed by atoms with Gasteiger partial charge in [0.25, 0.3) is 0 Å². The number of halogens is 2. The fraction of sp³-hybridized carbons (Fsp3) is 0.400. The second-order valence-corrected chi connectivity index (χ2v) is 6.94. The summed E-state index contributed by atoms with van der Waals surface area (Å²) in [5.41, 5.74) is 3.31.